The number of primary amides is 2. The largest absolute Gasteiger partial charge is 0.507 e. The highest BCUT2D eigenvalue weighted by Crippen LogP contribution is 2.37. The fraction of sp³-hybridized carbons (Fsp3) is 0. The molecule has 0 aromatic heterocycles. The molecule has 0 aliphatic heterocycles. The summed E-state index contributed by atoms with van der Waals surface area (Å²) < 4.78 is 0. The van der Waals surface area contributed by atoms with Crippen LogP contribution in [0, 0.1) is 0 Å². The van der Waals surface area contributed by atoms with Gasteiger partial charge in [0.1, 0.15) is 5.75 Å². The van der Waals surface area contributed by atoms with E-state index in [1.54, 1.807) is 18.2 Å². The number of nitrogens with two attached hydrogens (primary N) is 2. The van der Waals surface area contributed by atoms with Crippen LogP contribution in [0.2, 0.25) is 0 Å². The number of hydrogen-bond acceptors (Lipinski definition) is 5. The van der Waals surface area contributed by atoms with Crippen LogP contribution in [0.5, 0.6) is 5.75 Å². The van der Waals surface area contributed by atoms with Crippen molar-refractivity contribution in [2.45, 2.75) is 0 Å². The Labute approximate surface area is 118 Å². The molecule has 0 saturated carbocycles. The molecule has 0 saturated heterocycles. The van der Waals surface area contributed by atoms with Crippen molar-refractivity contribution in [3.63, 3.8) is 0 Å². The summed E-state index contributed by atoms with van der Waals surface area (Å²) in [6.07, 6.45) is 0. The van der Waals surface area contributed by atoms with Crippen LogP contribution < -0.4 is 22.3 Å². The molecule has 108 valence electrons. The lowest BCUT2D eigenvalue weighted by atomic mass is 10.1. The van der Waals surface area contributed by atoms with Crippen LogP contribution in [0.4, 0.5) is 21.0 Å². The van der Waals surface area contributed by atoms with E-state index in [0.29, 0.717) is 22.1 Å². The van der Waals surface area contributed by atoms with E-state index in [2.05, 4.69) is 21.1 Å². The molecule has 0 spiro atoms. The minimum absolute atomic E-state index is 0.0441. The standard InChI is InChI=1S/C12H12N6O3/c13-11(20)17-15-7-4-5-8(16-18-12(14)21)10-6(7)2-1-3-9(10)19/h1-5,16,19H,(H2,13,20)(H3,14,18,21). The van der Waals surface area contributed by atoms with Crippen LogP contribution in [0.25, 0.3) is 10.8 Å². The van der Waals surface area contributed by atoms with E-state index in [4.69, 9.17) is 11.5 Å². The quantitative estimate of drug-likeness (QED) is 0.430. The first-order valence-electron chi connectivity index (χ1n) is 5.76. The van der Waals surface area contributed by atoms with Crippen molar-refractivity contribution in [1.82, 2.24) is 5.43 Å². The monoisotopic (exact) mass is 288 g/mol. The van der Waals surface area contributed by atoms with Gasteiger partial charge in [0.15, 0.2) is 0 Å². The summed E-state index contributed by atoms with van der Waals surface area (Å²) in [5, 5.41) is 17.8. The number of benzene rings is 2. The van der Waals surface area contributed by atoms with Gasteiger partial charge in [0.2, 0.25) is 0 Å². The van der Waals surface area contributed by atoms with Gasteiger partial charge in [-0.2, -0.15) is 0 Å². The van der Waals surface area contributed by atoms with Crippen molar-refractivity contribution in [1.29, 1.82) is 0 Å². The number of nitrogens with one attached hydrogen (secondary N) is 2. The van der Waals surface area contributed by atoms with E-state index in [-0.39, 0.29) is 5.75 Å². The van der Waals surface area contributed by atoms with Gasteiger partial charge in [-0.15, -0.1) is 5.11 Å². The molecule has 2 rings (SSSR count). The number of phenolic OH excluding ortho intramolecular Hbond substituents is 1. The molecule has 0 aliphatic rings. The number of amides is 4. The van der Waals surface area contributed by atoms with Gasteiger partial charge < -0.3 is 16.6 Å². The summed E-state index contributed by atoms with van der Waals surface area (Å²) in [5.41, 5.74) is 15.4. The summed E-state index contributed by atoms with van der Waals surface area (Å²) >= 11 is 0. The summed E-state index contributed by atoms with van der Waals surface area (Å²) in [4.78, 5) is 21.4. The van der Waals surface area contributed by atoms with E-state index >= 15 is 0 Å². The molecule has 21 heavy (non-hydrogen) atoms. The molecular formula is C12H12N6O3. The lowest BCUT2D eigenvalue weighted by molar-refractivity contribution is 0.250. The zero-order valence-corrected chi connectivity index (χ0v) is 10.7. The molecule has 0 fully saturated rings. The third kappa shape index (κ3) is 3.15. The molecule has 0 aliphatic carbocycles. The molecule has 2 aromatic carbocycles. The van der Waals surface area contributed by atoms with Crippen molar-refractivity contribution < 1.29 is 14.7 Å². The normalized spacial score (nSPS) is 10.7. The Morgan fingerprint density at radius 1 is 1.14 bits per heavy atom. The number of carbonyl (C=O) groups excluding carboxylic acids is 2. The van der Waals surface area contributed by atoms with Crippen molar-refractivity contribution >= 4 is 34.2 Å². The zero-order chi connectivity index (χ0) is 15.4. The molecule has 9 heteroatoms. The van der Waals surface area contributed by atoms with Crippen molar-refractivity contribution in [3.05, 3.63) is 30.3 Å². The van der Waals surface area contributed by atoms with Crippen LogP contribution in [0.3, 0.4) is 0 Å². The second-order valence-corrected chi connectivity index (χ2v) is 3.98. The number of carbonyl (C=O) groups is 2. The third-order valence-electron chi connectivity index (χ3n) is 2.57. The Kier molecular flexibility index (Phi) is 3.84. The van der Waals surface area contributed by atoms with Gasteiger partial charge in [0.05, 0.1) is 16.8 Å². The minimum atomic E-state index is -0.930. The van der Waals surface area contributed by atoms with E-state index in [1.165, 1.54) is 12.1 Å². The maximum absolute atomic E-state index is 10.7. The Bertz CT molecular complexity index is 743. The Morgan fingerprint density at radius 2 is 1.90 bits per heavy atom. The Balaban J connectivity index is 2.56. The summed E-state index contributed by atoms with van der Waals surface area (Å²) in [5.74, 6) is -0.0441. The maximum atomic E-state index is 10.7. The highest BCUT2D eigenvalue weighted by molar-refractivity contribution is 6.04. The highest BCUT2D eigenvalue weighted by Gasteiger charge is 2.10. The molecule has 2 aromatic rings. The summed E-state index contributed by atoms with van der Waals surface area (Å²) in [6, 6.07) is 6.10. The van der Waals surface area contributed by atoms with Crippen LogP contribution in [0.15, 0.2) is 40.6 Å². The number of hydrogen-bond donors (Lipinski definition) is 5. The van der Waals surface area contributed by atoms with Gasteiger partial charge in [-0.3, -0.25) is 10.9 Å². The van der Waals surface area contributed by atoms with Crippen LogP contribution in [0.1, 0.15) is 0 Å². The van der Waals surface area contributed by atoms with E-state index in [0.717, 1.165) is 0 Å². The minimum Gasteiger partial charge on any atom is -0.507 e. The molecule has 7 N–H and O–H groups in total. The smallest absolute Gasteiger partial charge is 0.356 e. The number of hydrazine groups is 1. The van der Waals surface area contributed by atoms with Crippen molar-refractivity contribution in [2.75, 3.05) is 5.43 Å². The summed E-state index contributed by atoms with van der Waals surface area (Å²) in [7, 11) is 0. The molecule has 0 atom stereocenters. The topological polar surface area (TPSA) is 155 Å². The maximum Gasteiger partial charge on any atom is 0.356 e. The van der Waals surface area contributed by atoms with Crippen molar-refractivity contribution in [2.24, 2.45) is 21.7 Å². The molecule has 0 radical (unpaired) electrons. The number of fused-ring (bicyclic) bond motifs is 1. The molecule has 0 unspecified atom stereocenters. The fourth-order valence-corrected chi connectivity index (χ4v) is 1.80. The van der Waals surface area contributed by atoms with Crippen LogP contribution in [-0.2, 0) is 0 Å². The first-order chi connectivity index (χ1) is 9.99. The zero-order valence-electron chi connectivity index (χ0n) is 10.7. The Hall–Kier alpha value is -3.36. The van der Waals surface area contributed by atoms with E-state index in [9.17, 15) is 14.7 Å². The average Bonchev–Trinajstić information content (AvgIpc) is 2.43. The number of phenols is 1. The van der Waals surface area contributed by atoms with Crippen LogP contribution in [-0.4, -0.2) is 17.2 Å². The molecule has 4 amide bonds. The van der Waals surface area contributed by atoms with Crippen molar-refractivity contribution in [3.8, 4) is 5.75 Å². The lowest BCUT2D eigenvalue weighted by Gasteiger charge is -2.12. The van der Waals surface area contributed by atoms with Gasteiger partial charge in [-0.1, -0.05) is 17.2 Å². The van der Waals surface area contributed by atoms with E-state index < -0.39 is 12.1 Å². The number of anilines is 1. The average molecular weight is 288 g/mol. The summed E-state index contributed by atoms with van der Waals surface area (Å²) in [6.45, 7) is 0. The second kappa shape index (κ2) is 5.74. The number of rotatable bonds is 3. The van der Waals surface area contributed by atoms with Crippen LogP contribution >= 0.6 is 0 Å². The van der Waals surface area contributed by atoms with E-state index in [1.807, 2.05) is 0 Å². The first kappa shape index (κ1) is 14.1. The number of azo groups is 1. The molecule has 0 heterocycles. The molecule has 9 nitrogen and oxygen atoms in total. The second-order valence-electron chi connectivity index (χ2n) is 3.98. The third-order valence-corrected chi connectivity index (χ3v) is 2.57. The predicted octanol–water partition coefficient (Wildman–Crippen LogP) is 1.70. The van der Waals surface area contributed by atoms with Gasteiger partial charge in [0, 0.05) is 5.39 Å². The fourth-order valence-electron chi connectivity index (χ4n) is 1.80. The predicted molar refractivity (Wildman–Crippen MR) is 76.1 cm³/mol. The SMILES string of the molecule is NC(=O)N=Nc1ccc(NNC(N)=O)c2c(O)cccc12. The van der Waals surface area contributed by atoms with Gasteiger partial charge >= 0.3 is 12.1 Å². The van der Waals surface area contributed by atoms with Gasteiger partial charge in [-0.25, -0.2) is 9.59 Å². The van der Waals surface area contributed by atoms with Gasteiger partial charge in [-0.05, 0) is 18.2 Å². The number of aromatic hydroxyl groups is 1. The highest BCUT2D eigenvalue weighted by atomic mass is 16.3. The first-order valence-corrected chi connectivity index (χ1v) is 5.76. The number of urea groups is 2. The lowest BCUT2D eigenvalue weighted by Crippen LogP contribution is -2.34. The molecule has 0 bridgehead atoms. The number of nitrogens with zero attached hydrogens (tertiary/aromatic N) is 2. The van der Waals surface area contributed by atoms with Gasteiger partial charge in [0.25, 0.3) is 0 Å². The molecular weight excluding hydrogens is 276 g/mol. The Morgan fingerprint density at radius 3 is 2.57 bits per heavy atom.